The van der Waals surface area contributed by atoms with E-state index in [1.807, 2.05) is 0 Å². The first-order valence-electron chi connectivity index (χ1n) is 2.86. The van der Waals surface area contributed by atoms with Crippen molar-refractivity contribution in [2.75, 3.05) is 25.7 Å². The predicted molar refractivity (Wildman–Crippen MR) is 41.7 cm³/mol. The topological polar surface area (TPSA) is 55.5 Å². The second kappa shape index (κ2) is 4.11. The SMILES string of the molecule is COS(C)(O)CCCN. The minimum absolute atomic E-state index is 0.618. The Morgan fingerprint density at radius 3 is 2.56 bits per heavy atom. The van der Waals surface area contributed by atoms with Gasteiger partial charge in [0.15, 0.2) is 0 Å². The van der Waals surface area contributed by atoms with E-state index >= 15 is 0 Å². The number of hydrogen-bond acceptors (Lipinski definition) is 3. The molecule has 1 unspecified atom stereocenters. The van der Waals surface area contributed by atoms with Crippen molar-refractivity contribution in [3.05, 3.63) is 0 Å². The van der Waals surface area contributed by atoms with Gasteiger partial charge >= 0.3 is 0 Å². The maximum atomic E-state index is 9.26. The van der Waals surface area contributed by atoms with E-state index in [1.165, 1.54) is 7.11 Å². The summed E-state index contributed by atoms with van der Waals surface area (Å²) in [5.74, 6) is 0.681. The van der Waals surface area contributed by atoms with Crippen LogP contribution in [-0.4, -0.2) is 30.2 Å². The van der Waals surface area contributed by atoms with E-state index in [9.17, 15) is 4.55 Å². The van der Waals surface area contributed by atoms with Gasteiger partial charge in [0.25, 0.3) is 0 Å². The lowest BCUT2D eigenvalue weighted by Gasteiger charge is -2.31. The molecule has 1 atom stereocenters. The minimum Gasteiger partial charge on any atom is -0.330 e. The van der Waals surface area contributed by atoms with Crippen LogP contribution in [-0.2, 0) is 4.18 Å². The van der Waals surface area contributed by atoms with Gasteiger partial charge < -0.3 is 5.73 Å². The second-order valence-electron chi connectivity index (χ2n) is 1.97. The summed E-state index contributed by atoms with van der Waals surface area (Å²) in [6, 6.07) is 0. The molecule has 0 spiro atoms. The number of hydrogen-bond donors (Lipinski definition) is 2. The molecule has 0 aromatic heterocycles. The van der Waals surface area contributed by atoms with Crippen LogP contribution in [0.2, 0.25) is 0 Å². The molecule has 0 aliphatic carbocycles. The molecule has 0 saturated carbocycles. The summed E-state index contributed by atoms with van der Waals surface area (Å²) >= 11 is 0. The Kier molecular flexibility index (Phi) is 4.22. The van der Waals surface area contributed by atoms with Crippen molar-refractivity contribution in [2.45, 2.75) is 6.42 Å². The molecule has 0 fully saturated rings. The summed E-state index contributed by atoms with van der Waals surface area (Å²) in [5, 5.41) is 0. The number of rotatable bonds is 4. The molecule has 9 heavy (non-hydrogen) atoms. The van der Waals surface area contributed by atoms with Crippen molar-refractivity contribution in [3.63, 3.8) is 0 Å². The molecule has 0 amide bonds. The average molecular weight is 153 g/mol. The lowest BCUT2D eigenvalue weighted by atomic mass is 10.5. The second-order valence-corrected chi connectivity index (χ2v) is 4.63. The van der Waals surface area contributed by atoms with E-state index in [0.717, 1.165) is 6.42 Å². The fourth-order valence-corrected chi connectivity index (χ4v) is 1.30. The Balaban J connectivity index is 3.33. The third kappa shape index (κ3) is 4.72. The van der Waals surface area contributed by atoms with Gasteiger partial charge in [0.05, 0.1) is 7.11 Å². The Hall–Kier alpha value is 0.230. The van der Waals surface area contributed by atoms with Crippen LogP contribution in [0.15, 0.2) is 0 Å². The fraction of sp³-hybridized carbons (Fsp3) is 1.00. The fourth-order valence-electron chi connectivity index (χ4n) is 0.434. The van der Waals surface area contributed by atoms with Crippen LogP contribution in [0.3, 0.4) is 0 Å². The first kappa shape index (κ1) is 9.23. The third-order valence-electron chi connectivity index (χ3n) is 1.09. The molecule has 0 bridgehead atoms. The van der Waals surface area contributed by atoms with Crippen molar-refractivity contribution >= 4 is 10.6 Å². The van der Waals surface area contributed by atoms with Crippen LogP contribution in [0.1, 0.15) is 6.42 Å². The van der Waals surface area contributed by atoms with Gasteiger partial charge in [-0.3, -0.25) is 8.74 Å². The Morgan fingerprint density at radius 2 is 2.22 bits per heavy atom. The monoisotopic (exact) mass is 153 g/mol. The zero-order valence-corrected chi connectivity index (χ0v) is 6.78. The zero-order valence-electron chi connectivity index (χ0n) is 5.96. The Labute approximate surface area is 57.9 Å². The molecule has 0 saturated heterocycles. The summed E-state index contributed by atoms with van der Waals surface area (Å²) in [6.45, 7) is 0.618. The summed E-state index contributed by atoms with van der Waals surface area (Å²) < 4.78 is 14.1. The molecule has 58 valence electrons. The predicted octanol–water partition coefficient (Wildman–Crippen LogP) is 0.804. The van der Waals surface area contributed by atoms with Crippen LogP contribution in [0.5, 0.6) is 0 Å². The number of nitrogens with two attached hydrogens (primary N) is 1. The van der Waals surface area contributed by atoms with E-state index in [4.69, 9.17) is 9.92 Å². The zero-order chi connectivity index (χ0) is 7.33. The quantitative estimate of drug-likeness (QED) is 0.628. The van der Waals surface area contributed by atoms with E-state index in [0.29, 0.717) is 12.3 Å². The highest BCUT2D eigenvalue weighted by molar-refractivity contribution is 8.24. The normalized spacial score (nSPS) is 20.9. The van der Waals surface area contributed by atoms with Crippen molar-refractivity contribution in [1.82, 2.24) is 0 Å². The molecule has 0 radical (unpaired) electrons. The first-order chi connectivity index (χ1) is 4.12. The molecule has 0 aromatic rings. The largest absolute Gasteiger partial charge is 0.330 e. The van der Waals surface area contributed by atoms with Gasteiger partial charge in [0.1, 0.15) is 0 Å². The molecule has 0 aliphatic rings. The van der Waals surface area contributed by atoms with Gasteiger partial charge in [-0.2, -0.15) is 10.6 Å². The highest BCUT2D eigenvalue weighted by Gasteiger charge is 2.04. The Bertz CT molecular complexity index is 77.4. The standard InChI is InChI=1S/C5H15NO2S/c1-8-9(2,7)5-3-4-6/h7H,3-6H2,1-2H3. The first-order valence-corrected chi connectivity index (χ1v) is 4.95. The average Bonchev–Trinajstić information content (AvgIpc) is 1.84. The van der Waals surface area contributed by atoms with E-state index in [1.54, 1.807) is 6.26 Å². The molecule has 0 heterocycles. The van der Waals surface area contributed by atoms with Crippen molar-refractivity contribution in [2.24, 2.45) is 5.73 Å². The molecule has 4 heteroatoms. The van der Waals surface area contributed by atoms with Gasteiger partial charge in [-0.15, -0.1) is 0 Å². The molecule has 0 rings (SSSR count). The molecule has 3 nitrogen and oxygen atoms in total. The van der Waals surface area contributed by atoms with E-state index in [2.05, 4.69) is 0 Å². The van der Waals surface area contributed by atoms with Crippen molar-refractivity contribution < 1.29 is 8.74 Å². The van der Waals surface area contributed by atoms with Crippen LogP contribution < -0.4 is 5.73 Å². The van der Waals surface area contributed by atoms with Crippen LogP contribution >= 0.6 is 10.6 Å². The lowest BCUT2D eigenvalue weighted by Crippen LogP contribution is -2.08. The van der Waals surface area contributed by atoms with Gasteiger partial charge in [0, 0.05) is 12.0 Å². The van der Waals surface area contributed by atoms with Gasteiger partial charge in [0.2, 0.25) is 0 Å². The smallest absolute Gasteiger partial charge is 0.0603 e. The Morgan fingerprint density at radius 1 is 1.67 bits per heavy atom. The van der Waals surface area contributed by atoms with Gasteiger partial charge in [-0.1, -0.05) is 0 Å². The van der Waals surface area contributed by atoms with Gasteiger partial charge in [-0.25, -0.2) is 0 Å². The third-order valence-corrected chi connectivity index (χ3v) is 2.85. The maximum Gasteiger partial charge on any atom is 0.0603 e. The molecule has 0 aliphatic heterocycles. The van der Waals surface area contributed by atoms with E-state index in [-0.39, 0.29) is 0 Å². The van der Waals surface area contributed by atoms with Gasteiger partial charge in [-0.05, 0) is 13.0 Å². The minimum atomic E-state index is -1.76. The summed E-state index contributed by atoms with van der Waals surface area (Å²) in [4.78, 5) is 0. The summed E-state index contributed by atoms with van der Waals surface area (Å²) in [5.41, 5.74) is 5.24. The van der Waals surface area contributed by atoms with Crippen LogP contribution in [0.25, 0.3) is 0 Å². The van der Waals surface area contributed by atoms with E-state index < -0.39 is 10.6 Å². The van der Waals surface area contributed by atoms with Crippen molar-refractivity contribution in [3.8, 4) is 0 Å². The van der Waals surface area contributed by atoms with Crippen LogP contribution in [0, 0.1) is 0 Å². The molecule has 3 N–H and O–H groups in total. The lowest BCUT2D eigenvalue weighted by molar-refractivity contribution is 0.400. The van der Waals surface area contributed by atoms with Crippen LogP contribution in [0.4, 0.5) is 0 Å². The molecular formula is C5H15NO2S. The maximum absolute atomic E-state index is 9.26. The molecule has 0 aromatic carbocycles. The summed E-state index contributed by atoms with van der Waals surface area (Å²) in [7, 11) is -0.242. The van der Waals surface area contributed by atoms with Crippen molar-refractivity contribution in [1.29, 1.82) is 0 Å². The highest BCUT2D eigenvalue weighted by Crippen LogP contribution is 2.39. The molecular weight excluding hydrogens is 138 g/mol. The highest BCUT2D eigenvalue weighted by atomic mass is 32.3. The summed E-state index contributed by atoms with van der Waals surface area (Å²) in [6.07, 6.45) is 2.54.